The van der Waals surface area contributed by atoms with Crippen LogP contribution in [0.3, 0.4) is 0 Å². The molecule has 0 aliphatic heterocycles. The Labute approximate surface area is 202 Å². The molecule has 0 bridgehead atoms. The third-order valence-electron chi connectivity index (χ3n) is 6.61. The lowest BCUT2D eigenvalue weighted by Crippen LogP contribution is -2.07. The van der Waals surface area contributed by atoms with E-state index < -0.39 is 5.97 Å². The second kappa shape index (κ2) is 9.67. The standard InChI is InChI=1S/C31H24F2O2/c32-25-14-6-20(7-15-25)5-11-22-12-13-24-19-23-3-1-2-4-27(23)28(29(24)30(22)31(34)35)18-10-21-8-16-26(33)17-9-21/h1-4,6-9,12-17,19H,5,10-11,18H2,(H,34,35). The summed E-state index contributed by atoms with van der Waals surface area (Å²) in [5, 5.41) is 14.1. The number of hydrogen-bond acceptors (Lipinski definition) is 1. The molecule has 0 unspecified atom stereocenters. The largest absolute Gasteiger partial charge is 0.478 e. The van der Waals surface area contributed by atoms with Gasteiger partial charge in [0, 0.05) is 5.39 Å². The van der Waals surface area contributed by atoms with Crippen LogP contribution in [-0.2, 0) is 25.7 Å². The Kier molecular flexibility index (Phi) is 6.28. The Morgan fingerprint density at radius 3 is 1.89 bits per heavy atom. The summed E-state index contributed by atoms with van der Waals surface area (Å²) in [7, 11) is 0. The van der Waals surface area contributed by atoms with Gasteiger partial charge in [-0.3, -0.25) is 0 Å². The first-order chi connectivity index (χ1) is 17.0. The van der Waals surface area contributed by atoms with Gasteiger partial charge in [-0.15, -0.1) is 0 Å². The van der Waals surface area contributed by atoms with Gasteiger partial charge < -0.3 is 5.11 Å². The second-order valence-corrected chi connectivity index (χ2v) is 8.83. The van der Waals surface area contributed by atoms with Gasteiger partial charge >= 0.3 is 5.97 Å². The number of rotatable bonds is 7. The molecule has 174 valence electrons. The molecule has 0 atom stereocenters. The quantitative estimate of drug-likeness (QED) is 0.252. The zero-order valence-electron chi connectivity index (χ0n) is 19.1. The average Bonchev–Trinajstić information content (AvgIpc) is 2.86. The van der Waals surface area contributed by atoms with Gasteiger partial charge in [0.05, 0.1) is 5.56 Å². The molecule has 5 rings (SSSR count). The number of hydrogen-bond donors (Lipinski definition) is 1. The SMILES string of the molecule is O=C(O)c1c(CCc2ccc(F)cc2)ccc2cc3ccccc3c(CCc3ccc(F)cc3)c12. The van der Waals surface area contributed by atoms with Gasteiger partial charge in [0.25, 0.3) is 0 Å². The molecule has 35 heavy (non-hydrogen) atoms. The Morgan fingerprint density at radius 1 is 0.657 bits per heavy atom. The maximum atomic E-state index is 13.4. The van der Waals surface area contributed by atoms with Gasteiger partial charge in [0.1, 0.15) is 11.6 Å². The van der Waals surface area contributed by atoms with E-state index in [9.17, 15) is 18.7 Å². The fourth-order valence-electron chi connectivity index (χ4n) is 4.87. The van der Waals surface area contributed by atoms with Gasteiger partial charge in [-0.1, -0.05) is 60.7 Å². The Bertz CT molecular complexity index is 1520. The highest BCUT2D eigenvalue weighted by molar-refractivity contribution is 6.12. The Morgan fingerprint density at radius 2 is 1.26 bits per heavy atom. The molecule has 0 fully saturated rings. The first-order valence-corrected chi connectivity index (χ1v) is 11.7. The minimum atomic E-state index is -0.956. The number of aromatic carboxylic acids is 1. The molecule has 0 heterocycles. The van der Waals surface area contributed by atoms with Crippen LogP contribution in [0.4, 0.5) is 8.78 Å². The van der Waals surface area contributed by atoms with Crippen molar-refractivity contribution in [2.24, 2.45) is 0 Å². The van der Waals surface area contributed by atoms with Gasteiger partial charge in [-0.05, 0) is 94.4 Å². The maximum absolute atomic E-state index is 13.4. The summed E-state index contributed by atoms with van der Waals surface area (Å²) < 4.78 is 26.7. The molecule has 0 spiro atoms. The lowest BCUT2D eigenvalue weighted by atomic mass is 9.87. The minimum Gasteiger partial charge on any atom is -0.478 e. The van der Waals surface area contributed by atoms with E-state index >= 15 is 0 Å². The summed E-state index contributed by atoms with van der Waals surface area (Å²) in [6.45, 7) is 0. The highest BCUT2D eigenvalue weighted by atomic mass is 19.1. The number of carboxylic acid groups (broad SMARTS) is 1. The first kappa shape index (κ1) is 22.7. The van der Waals surface area contributed by atoms with E-state index in [-0.39, 0.29) is 11.6 Å². The van der Waals surface area contributed by atoms with Crippen LogP contribution >= 0.6 is 0 Å². The van der Waals surface area contributed by atoms with Gasteiger partial charge in [-0.2, -0.15) is 0 Å². The van der Waals surface area contributed by atoms with Crippen LogP contribution in [0.5, 0.6) is 0 Å². The van der Waals surface area contributed by atoms with Crippen LogP contribution in [0.2, 0.25) is 0 Å². The molecule has 4 heteroatoms. The van der Waals surface area contributed by atoms with E-state index in [1.807, 2.05) is 42.5 Å². The minimum absolute atomic E-state index is 0.275. The lowest BCUT2D eigenvalue weighted by Gasteiger charge is -2.17. The number of fused-ring (bicyclic) bond motifs is 2. The van der Waals surface area contributed by atoms with E-state index in [4.69, 9.17) is 0 Å². The van der Waals surface area contributed by atoms with Gasteiger partial charge in [0.2, 0.25) is 0 Å². The molecule has 0 aliphatic carbocycles. The first-order valence-electron chi connectivity index (χ1n) is 11.7. The van der Waals surface area contributed by atoms with Crippen molar-refractivity contribution in [3.05, 3.63) is 130 Å². The Hall–Kier alpha value is -4.05. The predicted octanol–water partition coefficient (Wildman–Crippen LogP) is 7.54. The monoisotopic (exact) mass is 466 g/mol. The van der Waals surface area contributed by atoms with Crippen molar-refractivity contribution in [2.45, 2.75) is 25.7 Å². The van der Waals surface area contributed by atoms with E-state index in [1.54, 1.807) is 24.3 Å². The summed E-state index contributed by atoms with van der Waals surface area (Å²) >= 11 is 0. The van der Waals surface area contributed by atoms with Crippen molar-refractivity contribution >= 4 is 27.5 Å². The van der Waals surface area contributed by atoms with Gasteiger partial charge in [-0.25, -0.2) is 13.6 Å². The molecule has 0 aromatic heterocycles. The van der Waals surface area contributed by atoms with Crippen LogP contribution in [-0.4, -0.2) is 11.1 Å². The zero-order chi connectivity index (χ0) is 24.4. The molecule has 0 aliphatic rings. The molecule has 1 N–H and O–H groups in total. The van der Waals surface area contributed by atoms with Crippen LogP contribution in [0.15, 0.2) is 91.0 Å². The molecule has 2 nitrogen and oxygen atoms in total. The molecule has 0 radical (unpaired) electrons. The number of aryl methyl sites for hydroxylation is 4. The fraction of sp³-hybridized carbons (Fsp3) is 0.129. The topological polar surface area (TPSA) is 37.3 Å². The van der Waals surface area contributed by atoms with Crippen molar-refractivity contribution in [3.8, 4) is 0 Å². The summed E-state index contributed by atoms with van der Waals surface area (Å²) in [4.78, 5) is 12.6. The third-order valence-corrected chi connectivity index (χ3v) is 6.61. The Balaban J connectivity index is 1.62. The van der Waals surface area contributed by atoms with Gasteiger partial charge in [0.15, 0.2) is 0 Å². The summed E-state index contributed by atoms with van der Waals surface area (Å²) in [6.07, 6.45) is 2.45. The van der Waals surface area contributed by atoms with Crippen molar-refractivity contribution in [1.29, 1.82) is 0 Å². The molecule has 5 aromatic rings. The summed E-state index contributed by atoms with van der Waals surface area (Å²) in [6, 6.07) is 26.7. The molecule has 0 saturated heterocycles. The van der Waals surface area contributed by atoms with E-state index in [0.29, 0.717) is 31.2 Å². The van der Waals surface area contributed by atoms with Crippen molar-refractivity contribution in [3.63, 3.8) is 0 Å². The average molecular weight is 467 g/mol. The number of carboxylic acids is 1. The predicted molar refractivity (Wildman–Crippen MR) is 136 cm³/mol. The number of benzene rings is 5. The number of carbonyl (C=O) groups is 1. The normalized spacial score (nSPS) is 11.3. The molecule has 5 aromatic carbocycles. The number of halogens is 2. The molecular weight excluding hydrogens is 442 g/mol. The van der Waals surface area contributed by atoms with E-state index in [2.05, 4.69) is 0 Å². The smallest absolute Gasteiger partial charge is 0.336 e. The molecule has 0 saturated carbocycles. The van der Waals surface area contributed by atoms with Crippen LogP contribution in [0.25, 0.3) is 21.5 Å². The van der Waals surface area contributed by atoms with Crippen LogP contribution in [0.1, 0.15) is 32.6 Å². The highest BCUT2D eigenvalue weighted by Crippen LogP contribution is 2.34. The molecular formula is C31H24F2O2. The van der Waals surface area contributed by atoms with Crippen molar-refractivity contribution in [2.75, 3.05) is 0 Å². The highest BCUT2D eigenvalue weighted by Gasteiger charge is 2.19. The van der Waals surface area contributed by atoms with E-state index in [1.165, 1.54) is 24.3 Å². The fourth-order valence-corrected chi connectivity index (χ4v) is 4.87. The molecule has 0 amide bonds. The zero-order valence-corrected chi connectivity index (χ0v) is 19.1. The summed E-state index contributed by atoms with van der Waals surface area (Å²) in [5.41, 5.74) is 4.02. The summed E-state index contributed by atoms with van der Waals surface area (Å²) in [5.74, 6) is -1.52. The third kappa shape index (κ3) is 4.78. The van der Waals surface area contributed by atoms with Crippen molar-refractivity contribution in [1.82, 2.24) is 0 Å². The maximum Gasteiger partial charge on any atom is 0.336 e. The van der Waals surface area contributed by atoms with Crippen LogP contribution in [0, 0.1) is 11.6 Å². The lowest BCUT2D eigenvalue weighted by molar-refractivity contribution is 0.0698. The second-order valence-electron chi connectivity index (χ2n) is 8.83. The van der Waals surface area contributed by atoms with Crippen molar-refractivity contribution < 1.29 is 18.7 Å². The van der Waals surface area contributed by atoms with Crippen LogP contribution < -0.4 is 0 Å². The van der Waals surface area contributed by atoms with E-state index in [0.717, 1.165) is 43.8 Å².